The van der Waals surface area contributed by atoms with Crippen LogP contribution in [0.1, 0.15) is 18.1 Å². The normalized spacial score (nSPS) is 11.0. The summed E-state index contributed by atoms with van der Waals surface area (Å²) in [5, 5.41) is 4.64. The smallest absolute Gasteiger partial charge is 0.166 e. The summed E-state index contributed by atoms with van der Waals surface area (Å²) in [6.07, 6.45) is 0. The number of nitrogens with one attached hydrogen (secondary N) is 1. The molecule has 0 aliphatic rings. The van der Waals surface area contributed by atoms with Gasteiger partial charge in [-0.15, -0.1) is 0 Å². The minimum Gasteiger partial charge on any atom is -0.490 e. The summed E-state index contributed by atoms with van der Waals surface area (Å²) < 4.78 is 11.8. The Morgan fingerprint density at radius 1 is 1.04 bits per heavy atom. The molecule has 0 radical (unpaired) electrons. The van der Waals surface area contributed by atoms with E-state index < -0.39 is 0 Å². The Bertz CT molecular complexity index is 708. The standard InChI is InChI=1S/C20H26Cl2N2O2/c1-4-25-19-7-5-6-15(13-23-10-11-24(2)3)20(19)26-14-16-8-9-17(21)12-18(16)22/h5-9,12,23H,4,10-11,13-14H2,1-3H3. The van der Waals surface area contributed by atoms with Crippen LogP contribution in [0.25, 0.3) is 0 Å². The van der Waals surface area contributed by atoms with Gasteiger partial charge in [0.2, 0.25) is 0 Å². The first-order valence-corrected chi connectivity index (χ1v) is 9.43. The maximum Gasteiger partial charge on any atom is 0.166 e. The van der Waals surface area contributed by atoms with Crippen molar-refractivity contribution < 1.29 is 9.47 Å². The fourth-order valence-corrected chi connectivity index (χ4v) is 2.91. The Hall–Kier alpha value is -1.46. The molecule has 0 saturated carbocycles. The monoisotopic (exact) mass is 396 g/mol. The predicted octanol–water partition coefficient (Wildman–Crippen LogP) is 4.62. The SMILES string of the molecule is CCOc1cccc(CNCCN(C)C)c1OCc1ccc(Cl)cc1Cl. The highest BCUT2D eigenvalue weighted by molar-refractivity contribution is 6.35. The summed E-state index contributed by atoms with van der Waals surface area (Å²) in [6.45, 7) is 5.47. The van der Waals surface area contributed by atoms with E-state index in [1.165, 1.54) is 0 Å². The average molecular weight is 397 g/mol. The topological polar surface area (TPSA) is 33.7 Å². The molecule has 2 aromatic carbocycles. The van der Waals surface area contributed by atoms with E-state index in [4.69, 9.17) is 32.7 Å². The minimum atomic E-state index is 0.352. The lowest BCUT2D eigenvalue weighted by Crippen LogP contribution is -2.26. The van der Waals surface area contributed by atoms with Crippen molar-refractivity contribution in [2.75, 3.05) is 33.8 Å². The maximum absolute atomic E-state index is 6.26. The van der Waals surface area contributed by atoms with E-state index in [1.807, 2.05) is 37.3 Å². The highest BCUT2D eigenvalue weighted by Crippen LogP contribution is 2.33. The van der Waals surface area contributed by atoms with E-state index in [0.717, 1.165) is 35.7 Å². The van der Waals surface area contributed by atoms with Crippen molar-refractivity contribution in [1.29, 1.82) is 0 Å². The second-order valence-corrected chi connectivity index (χ2v) is 7.03. The van der Waals surface area contributed by atoms with E-state index in [9.17, 15) is 0 Å². The molecule has 2 rings (SSSR count). The van der Waals surface area contributed by atoms with Crippen molar-refractivity contribution in [3.05, 3.63) is 57.6 Å². The van der Waals surface area contributed by atoms with Crippen LogP contribution in [-0.4, -0.2) is 38.7 Å². The number of halogens is 2. The molecule has 0 saturated heterocycles. The molecule has 0 aliphatic carbocycles. The number of rotatable bonds is 10. The molecule has 0 unspecified atom stereocenters. The minimum absolute atomic E-state index is 0.352. The molecule has 0 aliphatic heterocycles. The first kappa shape index (κ1) is 20.8. The van der Waals surface area contributed by atoms with Gasteiger partial charge in [0.25, 0.3) is 0 Å². The molecule has 1 N–H and O–H groups in total. The third kappa shape index (κ3) is 6.36. The highest BCUT2D eigenvalue weighted by Gasteiger charge is 2.12. The fraction of sp³-hybridized carbons (Fsp3) is 0.400. The molecule has 4 nitrogen and oxygen atoms in total. The Balaban J connectivity index is 2.12. The lowest BCUT2D eigenvalue weighted by atomic mass is 10.1. The van der Waals surface area contributed by atoms with Crippen LogP contribution in [0.5, 0.6) is 11.5 Å². The molecule has 0 fully saturated rings. The first-order valence-electron chi connectivity index (χ1n) is 8.68. The molecule has 0 atom stereocenters. The summed E-state index contributed by atoms with van der Waals surface area (Å²) in [6, 6.07) is 11.4. The van der Waals surface area contributed by atoms with E-state index in [-0.39, 0.29) is 0 Å². The average Bonchev–Trinajstić information content (AvgIpc) is 2.59. The second-order valence-electron chi connectivity index (χ2n) is 6.18. The van der Waals surface area contributed by atoms with Crippen molar-refractivity contribution >= 4 is 23.2 Å². The third-order valence-corrected chi connectivity index (χ3v) is 4.39. The summed E-state index contributed by atoms with van der Waals surface area (Å²) in [5.41, 5.74) is 1.94. The van der Waals surface area contributed by atoms with Crippen LogP contribution in [0.3, 0.4) is 0 Å². The van der Waals surface area contributed by atoms with Crippen molar-refractivity contribution in [2.24, 2.45) is 0 Å². The third-order valence-electron chi connectivity index (χ3n) is 3.80. The van der Waals surface area contributed by atoms with Gasteiger partial charge in [-0.05, 0) is 39.2 Å². The Labute approximate surface area is 166 Å². The summed E-state index contributed by atoms with van der Waals surface area (Å²) >= 11 is 12.2. The number of hydrogen-bond acceptors (Lipinski definition) is 4. The molecule has 26 heavy (non-hydrogen) atoms. The van der Waals surface area contributed by atoms with Crippen LogP contribution in [0.15, 0.2) is 36.4 Å². The lowest BCUT2D eigenvalue weighted by molar-refractivity contribution is 0.266. The zero-order valence-electron chi connectivity index (χ0n) is 15.5. The molecular formula is C20H26Cl2N2O2. The number of ether oxygens (including phenoxy) is 2. The van der Waals surface area contributed by atoms with Crippen LogP contribution in [0.4, 0.5) is 0 Å². The number of hydrogen-bond donors (Lipinski definition) is 1. The molecule has 0 spiro atoms. The second kappa shape index (κ2) is 10.6. The van der Waals surface area contributed by atoms with E-state index in [2.05, 4.69) is 24.3 Å². The van der Waals surface area contributed by atoms with Gasteiger partial charge in [0.05, 0.1) is 6.61 Å². The zero-order valence-corrected chi connectivity index (χ0v) is 17.0. The van der Waals surface area contributed by atoms with E-state index >= 15 is 0 Å². The zero-order chi connectivity index (χ0) is 18.9. The Kier molecular flexibility index (Phi) is 8.52. The van der Waals surface area contributed by atoms with Crippen molar-refractivity contribution in [1.82, 2.24) is 10.2 Å². The van der Waals surface area contributed by atoms with Gasteiger partial charge in [-0.25, -0.2) is 0 Å². The number of likely N-dealkylation sites (N-methyl/N-ethyl adjacent to an activating group) is 1. The summed E-state index contributed by atoms with van der Waals surface area (Å²) in [7, 11) is 4.11. The van der Waals surface area contributed by atoms with Gasteiger partial charge in [0.1, 0.15) is 6.61 Å². The van der Waals surface area contributed by atoms with Crippen molar-refractivity contribution in [3.63, 3.8) is 0 Å². The first-order chi connectivity index (χ1) is 12.5. The maximum atomic E-state index is 6.26. The van der Waals surface area contributed by atoms with Gasteiger partial charge < -0.3 is 19.7 Å². The molecule has 0 amide bonds. The number of para-hydroxylation sites is 1. The van der Waals surface area contributed by atoms with E-state index in [0.29, 0.717) is 29.8 Å². The van der Waals surface area contributed by atoms with Gasteiger partial charge in [-0.2, -0.15) is 0 Å². The molecule has 0 aromatic heterocycles. The largest absolute Gasteiger partial charge is 0.490 e. The highest BCUT2D eigenvalue weighted by atomic mass is 35.5. The van der Waals surface area contributed by atoms with Gasteiger partial charge in [0.15, 0.2) is 11.5 Å². The predicted molar refractivity (Wildman–Crippen MR) is 109 cm³/mol. The van der Waals surface area contributed by atoms with Crippen molar-refractivity contribution in [3.8, 4) is 11.5 Å². The van der Waals surface area contributed by atoms with Crippen LogP contribution >= 0.6 is 23.2 Å². The van der Waals surface area contributed by atoms with E-state index in [1.54, 1.807) is 6.07 Å². The van der Waals surface area contributed by atoms with Crippen molar-refractivity contribution in [2.45, 2.75) is 20.1 Å². The van der Waals surface area contributed by atoms with Crippen LogP contribution in [0.2, 0.25) is 10.0 Å². The quantitative estimate of drug-likeness (QED) is 0.593. The van der Waals surface area contributed by atoms with Gasteiger partial charge in [0, 0.05) is 40.8 Å². The summed E-state index contributed by atoms with van der Waals surface area (Å²) in [4.78, 5) is 2.14. The van der Waals surface area contributed by atoms with Gasteiger partial charge >= 0.3 is 0 Å². The molecule has 0 bridgehead atoms. The van der Waals surface area contributed by atoms with Crippen LogP contribution in [0, 0.1) is 0 Å². The Morgan fingerprint density at radius 3 is 2.54 bits per heavy atom. The molecule has 2 aromatic rings. The molecule has 6 heteroatoms. The van der Waals surface area contributed by atoms with Gasteiger partial charge in [-0.1, -0.05) is 41.4 Å². The Morgan fingerprint density at radius 2 is 1.85 bits per heavy atom. The van der Waals surface area contributed by atoms with Crippen LogP contribution in [-0.2, 0) is 13.2 Å². The molecule has 142 valence electrons. The molecular weight excluding hydrogens is 371 g/mol. The number of nitrogens with zero attached hydrogens (tertiary/aromatic N) is 1. The van der Waals surface area contributed by atoms with Gasteiger partial charge in [-0.3, -0.25) is 0 Å². The number of benzene rings is 2. The van der Waals surface area contributed by atoms with Crippen LogP contribution < -0.4 is 14.8 Å². The lowest BCUT2D eigenvalue weighted by Gasteiger charge is -2.17. The summed E-state index contributed by atoms with van der Waals surface area (Å²) in [5.74, 6) is 1.49. The molecule has 0 heterocycles. The fourth-order valence-electron chi connectivity index (χ4n) is 2.45.